The minimum absolute atomic E-state index is 0.129. The zero-order valence-corrected chi connectivity index (χ0v) is 29.1. The molecule has 47 heavy (non-hydrogen) atoms. The number of allylic oxidation sites excluding steroid dienone is 2. The Labute approximate surface area is 283 Å². The number of urea groups is 1. The van der Waals surface area contributed by atoms with Crippen molar-refractivity contribution in [1.82, 2.24) is 9.88 Å². The molecule has 1 aromatic carbocycles. The van der Waals surface area contributed by atoms with E-state index in [-0.39, 0.29) is 16.8 Å². The molecule has 3 aliphatic rings. The van der Waals surface area contributed by atoms with E-state index < -0.39 is 11.6 Å². The Hall–Kier alpha value is -4.21. The van der Waals surface area contributed by atoms with Gasteiger partial charge in [-0.25, -0.2) is 9.88 Å². The molecule has 5 rings (SSSR count). The topological polar surface area (TPSA) is 81.3 Å². The van der Waals surface area contributed by atoms with Gasteiger partial charge in [0.05, 0.1) is 37.9 Å². The number of amides is 2. The molecule has 2 amide bonds. The maximum atomic E-state index is 13.2. The minimum Gasteiger partial charge on any atom is -0.470 e. The lowest BCUT2D eigenvalue weighted by Crippen LogP contribution is -2.40. The van der Waals surface area contributed by atoms with E-state index in [0.29, 0.717) is 6.54 Å². The molecule has 0 aliphatic carbocycles. The van der Waals surface area contributed by atoms with Crippen LogP contribution < -0.4 is 4.90 Å². The van der Waals surface area contributed by atoms with Gasteiger partial charge in [-0.3, -0.25) is 4.99 Å². The van der Waals surface area contributed by atoms with Gasteiger partial charge in [0.2, 0.25) is 0 Å². The summed E-state index contributed by atoms with van der Waals surface area (Å²) >= 11 is 1.57. The fourth-order valence-corrected chi connectivity index (χ4v) is 7.55. The van der Waals surface area contributed by atoms with Crippen molar-refractivity contribution in [3.63, 3.8) is 0 Å². The number of aromatic nitrogens is 1. The summed E-state index contributed by atoms with van der Waals surface area (Å²) in [6, 6.07) is 9.74. The van der Waals surface area contributed by atoms with Gasteiger partial charge in [-0.1, -0.05) is 51.1 Å². The van der Waals surface area contributed by atoms with Crippen LogP contribution in [0.25, 0.3) is 22.4 Å². The summed E-state index contributed by atoms with van der Waals surface area (Å²) in [7, 11) is 1.77. The number of pyridine rings is 1. The molecule has 2 unspecified atom stereocenters. The molecule has 246 valence electrons. The minimum atomic E-state index is -1.03. The molecule has 8 nitrogen and oxygen atoms in total. The van der Waals surface area contributed by atoms with Crippen LogP contribution in [0.3, 0.4) is 0 Å². The van der Waals surface area contributed by atoms with E-state index in [2.05, 4.69) is 62.0 Å². The number of hydrogen-bond acceptors (Lipinski definition) is 7. The Morgan fingerprint density at radius 2 is 1.94 bits per heavy atom. The Balaban J connectivity index is 1.54. The molecule has 1 aromatic heterocycles. The third-order valence-corrected chi connectivity index (χ3v) is 10.9. The zero-order chi connectivity index (χ0) is 34.3. The van der Waals surface area contributed by atoms with Crippen molar-refractivity contribution in [2.45, 2.75) is 62.4 Å². The molecule has 1 saturated heterocycles. The van der Waals surface area contributed by atoms with E-state index in [4.69, 9.17) is 9.72 Å². The number of carbonyl (C=O) groups excluding carboxylic acids is 1. The summed E-state index contributed by atoms with van der Waals surface area (Å²) in [5.41, 5.74) is 4.89. The van der Waals surface area contributed by atoms with Crippen LogP contribution in [-0.4, -0.2) is 82.2 Å². The number of ether oxygens (including phenoxy) is 1. The smallest absolute Gasteiger partial charge is 0.470 e. The lowest BCUT2D eigenvalue weighted by Gasteiger charge is -2.40. The van der Waals surface area contributed by atoms with Gasteiger partial charge in [-0.2, -0.15) is 9.37 Å². The lowest BCUT2D eigenvalue weighted by atomic mass is 9.79. The molecule has 2 atom stereocenters. The van der Waals surface area contributed by atoms with Gasteiger partial charge in [0, 0.05) is 40.8 Å². The highest BCUT2D eigenvalue weighted by molar-refractivity contribution is 8.00. The van der Waals surface area contributed by atoms with Gasteiger partial charge in [-0.15, -0.1) is 0 Å². The highest BCUT2D eigenvalue weighted by atomic mass is 32.2. The SMILES string of the molecule is C=COC(=C)C1(C)CCN(c2cccc(-c3cc(C4=CC(=C)C(C(C)(C)O)N=C4)cc4c3SC([N+](=C)C(=O)N(C)CC)C4=C)n2)CC1. The van der Waals surface area contributed by atoms with Crippen molar-refractivity contribution in [1.29, 1.82) is 0 Å². The number of piperidine rings is 1. The summed E-state index contributed by atoms with van der Waals surface area (Å²) in [5.74, 6) is 1.64. The van der Waals surface area contributed by atoms with Gasteiger partial charge in [0.15, 0.2) is 5.37 Å². The molecule has 1 fully saturated rings. The van der Waals surface area contributed by atoms with Crippen LogP contribution in [0, 0.1) is 5.41 Å². The Kier molecular flexibility index (Phi) is 9.53. The maximum absolute atomic E-state index is 13.2. The van der Waals surface area contributed by atoms with Crippen LogP contribution >= 0.6 is 11.8 Å². The summed E-state index contributed by atoms with van der Waals surface area (Å²) in [5, 5.41) is 10.3. The first-order valence-corrected chi connectivity index (χ1v) is 16.8. The number of aliphatic hydroxyl groups is 1. The fraction of sp³-hybridized carbons (Fsp3) is 0.368. The predicted octanol–water partition coefficient (Wildman–Crippen LogP) is 7.42. The van der Waals surface area contributed by atoms with E-state index in [1.807, 2.05) is 31.2 Å². The van der Waals surface area contributed by atoms with Gasteiger partial charge >= 0.3 is 6.03 Å². The molecule has 0 radical (unpaired) electrons. The average Bonchev–Trinajstić information content (AvgIpc) is 3.39. The number of rotatable bonds is 9. The van der Waals surface area contributed by atoms with Crippen molar-refractivity contribution >= 4 is 47.7 Å². The van der Waals surface area contributed by atoms with Crippen LogP contribution in [0.1, 0.15) is 51.7 Å². The van der Waals surface area contributed by atoms with E-state index >= 15 is 0 Å². The van der Waals surface area contributed by atoms with Crippen molar-refractivity contribution in [2.24, 2.45) is 10.4 Å². The molecule has 0 bridgehead atoms. The molecular weight excluding hydrogens is 607 g/mol. The molecule has 1 N–H and O–H groups in total. The number of carbonyl (C=O) groups is 1. The van der Waals surface area contributed by atoms with Gasteiger partial charge < -0.3 is 14.7 Å². The first-order valence-electron chi connectivity index (χ1n) is 15.9. The average molecular weight is 653 g/mol. The molecule has 9 heteroatoms. The third kappa shape index (κ3) is 6.64. The number of fused-ring (bicyclic) bond motifs is 1. The Morgan fingerprint density at radius 3 is 2.55 bits per heavy atom. The Bertz CT molecular complexity index is 1720. The quantitative estimate of drug-likeness (QED) is 0.173. The summed E-state index contributed by atoms with van der Waals surface area (Å²) in [6.07, 6.45) is 7.00. The highest BCUT2D eigenvalue weighted by Crippen LogP contribution is 2.50. The highest BCUT2D eigenvalue weighted by Gasteiger charge is 2.39. The second kappa shape index (κ2) is 13.1. The first-order chi connectivity index (χ1) is 22.2. The maximum Gasteiger partial charge on any atom is 0.493 e. The summed E-state index contributed by atoms with van der Waals surface area (Å²) < 4.78 is 7.08. The second-order valence-corrected chi connectivity index (χ2v) is 14.4. The monoisotopic (exact) mass is 652 g/mol. The molecule has 2 aromatic rings. The molecular formula is C38H46N5O3S+. The zero-order valence-electron chi connectivity index (χ0n) is 28.3. The largest absolute Gasteiger partial charge is 0.493 e. The second-order valence-electron chi connectivity index (χ2n) is 13.3. The van der Waals surface area contributed by atoms with E-state index in [1.165, 1.54) is 10.8 Å². The normalized spacial score (nSPS) is 20.4. The fourth-order valence-electron chi connectivity index (χ4n) is 6.23. The third-order valence-electron chi connectivity index (χ3n) is 9.45. The lowest BCUT2D eigenvalue weighted by molar-refractivity contribution is -0.426. The summed E-state index contributed by atoms with van der Waals surface area (Å²) in [6.45, 7) is 30.4. The van der Waals surface area contributed by atoms with Crippen molar-refractivity contribution < 1.29 is 19.2 Å². The van der Waals surface area contributed by atoms with Gasteiger partial charge in [-0.05, 0) is 86.2 Å². The van der Waals surface area contributed by atoms with Gasteiger partial charge in [0.1, 0.15) is 17.6 Å². The number of aliphatic imine (C=N–C) groups is 1. The number of benzene rings is 1. The molecule has 0 spiro atoms. The van der Waals surface area contributed by atoms with E-state index in [0.717, 1.165) is 81.5 Å². The molecule has 0 saturated carbocycles. The number of anilines is 1. The van der Waals surface area contributed by atoms with E-state index in [1.54, 1.807) is 43.8 Å². The van der Waals surface area contributed by atoms with Crippen molar-refractivity contribution in [3.05, 3.63) is 91.4 Å². The number of dihydropyridines is 1. The number of nitrogens with zero attached hydrogens (tertiary/aromatic N) is 5. The molecule has 3 aliphatic heterocycles. The standard InChI is InChI=1S/C38H46N5O3S/c1-11-41(9)36(44)42(10)35-25(4)29-21-27(28-20-24(3)34(39-23-28)37(6,7)45)22-30(33(29)47-35)31-14-13-15-32(40-31)43-18-16-38(8,17-19-43)26(5)46-12-2/h12-15,20-23,34-35,45H,2-5,10-11,16-19H2,1,6-9H3/q+1. The predicted molar refractivity (Wildman–Crippen MR) is 195 cm³/mol. The van der Waals surface area contributed by atoms with Crippen LogP contribution in [0.4, 0.5) is 10.6 Å². The van der Waals surface area contributed by atoms with Crippen LogP contribution in [0.15, 0.2) is 90.2 Å². The van der Waals surface area contributed by atoms with Crippen molar-refractivity contribution in [2.75, 3.05) is 31.6 Å². The van der Waals surface area contributed by atoms with Crippen LogP contribution in [-0.2, 0) is 4.74 Å². The van der Waals surface area contributed by atoms with E-state index in [9.17, 15) is 9.90 Å². The van der Waals surface area contributed by atoms with Crippen LogP contribution in [0.5, 0.6) is 0 Å². The number of hydrogen-bond donors (Lipinski definition) is 1. The number of thioether (sulfide) groups is 1. The summed E-state index contributed by atoms with van der Waals surface area (Å²) in [4.78, 5) is 28.0. The Morgan fingerprint density at radius 1 is 1.26 bits per heavy atom. The van der Waals surface area contributed by atoms with Crippen molar-refractivity contribution in [3.8, 4) is 11.3 Å². The first kappa shape index (κ1) is 34.1. The molecule has 4 heterocycles. The van der Waals surface area contributed by atoms with Gasteiger partial charge in [0.25, 0.3) is 0 Å². The van der Waals surface area contributed by atoms with Crippen LogP contribution in [0.2, 0.25) is 0 Å².